The van der Waals surface area contributed by atoms with E-state index >= 15 is 0 Å². The standard InChI is InChI=1S/C44H83N3O9/c1-3-5-7-9-11-13-15-17-18-19-20-22-24-26-28-30-39(51)47(33-29-27-25-23-21-16-14-12-10-8-6-4-2)44(45)41(43(55)42(54)37(35-48)56-44)36(49)34-46-38(50)31-32-40(52)53/h37,41-43,48,54-55H,3-35,45H2,1-2H3,(H,46,50)(H,52,53)/t37-,41-,42-,43-,44+/m1/s1. The van der Waals surface area contributed by atoms with E-state index in [0.717, 1.165) is 44.9 Å². The third-order valence-electron chi connectivity index (χ3n) is 11.4. The maximum Gasteiger partial charge on any atom is 0.303 e. The van der Waals surface area contributed by atoms with Crippen LogP contribution in [-0.2, 0) is 23.9 Å². The molecule has 0 unspecified atom stereocenters. The average Bonchev–Trinajstić information content (AvgIpc) is 3.17. The van der Waals surface area contributed by atoms with Gasteiger partial charge in [0.15, 0.2) is 5.78 Å². The molecule has 0 spiro atoms. The lowest BCUT2D eigenvalue weighted by atomic mass is 9.82. The fraction of sp³-hybridized carbons (Fsp3) is 0.909. The number of aliphatic hydroxyl groups is 3. The first-order valence-corrected chi connectivity index (χ1v) is 22.8. The second kappa shape index (κ2) is 32.8. The zero-order valence-electron chi connectivity index (χ0n) is 35.5. The van der Waals surface area contributed by atoms with Crippen LogP contribution in [0.4, 0.5) is 0 Å². The predicted octanol–water partition coefficient (Wildman–Crippen LogP) is 7.67. The summed E-state index contributed by atoms with van der Waals surface area (Å²) in [6, 6.07) is 0. The number of rotatable bonds is 37. The van der Waals surface area contributed by atoms with Crippen molar-refractivity contribution in [2.45, 2.75) is 231 Å². The Morgan fingerprint density at radius 2 is 1.02 bits per heavy atom. The fourth-order valence-corrected chi connectivity index (χ4v) is 7.84. The number of nitrogens with zero attached hydrogens (tertiary/aromatic N) is 1. The molecule has 5 atom stereocenters. The van der Waals surface area contributed by atoms with Gasteiger partial charge < -0.3 is 35.4 Å². The molecule has 12 heteroatoms. The first kappa shape index (κ1) is 51.9. The van der Waals surface area contributed by atoms with Gasteiger partial charge in [0.25, 0.3) is 0 Å². The largest absolute Gasteiger partial charge is 0.481 e. The first-order chi connectivity index (χ1) is 27.0. The highest BCUT2D eigenvalue weighted by molar-refractivity contribution is 5.90. The normalized spacial score (nSPS) is 20.9. The minimum Gasteiger partial charge on any atom is -0.481 e. The molecule has 2 amide bonds. The van der Waals surface area contributed by atoms with Crippen molar-refractivity contribution < 1.29 is 44.3 Å². The number of hydrogen-bond acceptors (Lipinski definition) is 9. The zero-order valence-corrected chi connectivity index (χ0v) is 35.5. The number of ether oxygens (including phenoxy) is 1. The Labute approximate surface area is 339 Å². The third kappa shape index (κ3) is 22.1. The molecule has 1 aliphatic heterocycles. The van der Waals surface area contributed by atoms with Crippen LogP contribution in [0, 0.1) is 5.92 Å². The van der Waals surface area contributed by atoms with E-state index in [2.05, 4.69) is 19.2 Å². The number of ketones is 1. The lowest BCUT2D eigenvalue weighted by molar-refractivity contribution is -0.291. The molecular formula is C44H83N3O9. The van der Waals surface area contributed by atoms with Gasteiger partial charge in [-0.3, -0.25) is 24.9 Å². The van der Waals surface area contributed by atoms with Gasteiger partial charge in [-0.25, -0.2) is 0 Å². The van der Waals surface area contributed by atoms with Crippen molar-refractivity contribution in [2.75, 3.05) is 19.7 Å². The molecule has 12 nitrogen and oxygen atoms in total. The highest BCUT2D eigenvalue weighted by atomic mass is 16.6. The molecule has 0 aliphatic carbocycles. The second-order valence-corrected chi connectivity index (χ2v) is 16.3. The Balaban J connectivity index is 2.83. The van der Waals surface area contributed by atoms with Crippen LogP contribution in [0.5, 0.6) is 0 Å². The summed E-state index contributed by atoms with van der Waals surface area (Å²) in [4.78, 5) is 52.1. The molecule has 1 rings (SSSR count). The molecule has 1 aliphatic rings. The summed E-state index contributed by atoms with van der Waals surface area (Å²) < 4.78 is 6.01. The summed E-state index contributed by atoms with van der Waals surface area (Å²) in [5.41, 5.74) is 6.86. The van der Waals surface area contributed by atoms with E-state index in [1.165, 1.54) is 120 Å². The number of aliphatic carboxylic acids is 1. The van der Waals surface area contributed by atoms with Crippen molar-refractivity contribution in [1.82, 2.24) is 10.2 Å². The van der Waals surface area contributed by atoms with Crippen LogP contribution in [0.1, 0.15) is 206 Å². The van der Waals surface area contributed by atoms with E-state index in [1.807, 2.05) is 0 Å². The number of nitrogens with two attached hydrogens (primary N) is 1. The van der Waals surface area contributed by atoms with E-state index < -0.39 is 67.3 Å². The Morgan fingerprint density at radius 3 is 1.43 bits per heavy atom. The lowest BCUT2D eigenvalue weighted by Crippen LogP contribution is -2.75. The molecule has 56 heavy (non-hydrogen) atoms. The van der Waals surface area contributed by atoms with Gasteiger partial charge in [0.05, 0.1) is 25.7 Å². The number of aliphatic hydroxyl groups excluding tert-OH is 3. The monoisotopic (exact) mass is 798 g/mol. The van der Waals surface area contributed by atoms with Crippen LogP contribution in [-0.4, -0.2) is 92.8 Å². The second-order valence-electron chi connectivity index (χ2n) is 16.3. The number of amides is 2. The van der Waals surface area contributed by atoms with E-state index in [1.54, 1.807) is 0 Å². The summed E-state index contributed by atoms with van der Waals surface area (Å²) in [6.45, 7) is 3.30. The van der Waals surface area contributed by atoms with Gasteiger partial charge >= 0.3 is 5.97 Å². The van der Waals surface area contributed by atoms with Gasteiger partial charge in [0.2, 0.25) is 17.7 Å². The molecule has 0 aromatic rings. The van der Waals surface area contributed by atoms with Crippen molar-refractivity contribution in [3.05, 3.63) is 0 Å². The number of carboxylic acids is 1. The number of carbonyl (C=O) groups is 4. The van der Waals surface area contributed by atoms with Gasteiger partial charge in [-0.1, -0.05) is 174 Å². The molecule has 0 aromatic heterocycles. The van der Waals surface area contributed by atoms with Crippen LogP contribution in [0.15, 0.2) is 0 Å². The summed E-state index contributed by atoms with van der Waals surface area (Å²) >= 11 is 0. The Hall–Kier alpha value is -2.12. The van der Waals surface area contributed by atoms with Crippen LogP contribution in [0.3, 0.4) is 0 Å². The van der Waals surface area contributed by atoms with Gasteiger partial charge in [-0.2, -0.15) is 0 Å². The molecule has 0 saturated carbocycles. The van der Waals surface area contributed by atoms with Crippen molar-refractivity contribution >= 4 is 23.6 Å². The number of hydrogen-bond donors (Lipinski definition) is 6. The molecule has 1 heterocycles. The van der Waals surface area contributed by atoms with Crippen molar-refractivity contribution in [3.8, 4) is 0 Å². The first-order valence-electron chi connectivity index (χ1n) is 22.8. The van der Waals surface area contributed by atoms with Crippen LogP contribution in [0.2, 0.25) is 0 Å². The van der Waals surface area contributed by atoms with E-state index in [-0.39, 0.29) is 25.3 Å². The molecule has 0 bridgehead atoms. The molecule has 1 fully saturated rings. The fourth-order valence-electron chi connectivity index (χ4n) is 7.84. The minimum absolute atomic E-state index is 0.154. The number of carboxylic acid groups (broad SMARTS) is 1. The molecule has 7 N–H and O–H groups in total. The highest BCUT2D eigenvalue weighted by Gasteiger charge is 2.58. The Bertz CT molecular complexity index is 1050. The maximum atomic E-state index is 14.0. The van der Waals surface area contributed by atoms with Crippen LogP contribution in [0.25, 0.3) is 0 Å². The topological polar surface area (TPSA) is 200 Å². The minimum atomic E-state index is -2.20. The molecule has 0 radical (unpaired) electrons. The van der Waals surface area contributed by atoms with Crippen molar-refractivity contribution in [3.63, 3.8) is 0 Å². The SMILES string of the molecule is CCCCCCCCCCCCCCCCCC(=O)N(CCCCCCCCCCCCCC)[C@]1(N)O[C@H](CO)[C@@H](O)[C@H](O)[C@H]1C(=O)CNC(=O)CCC(=O)O. The van der Waals surface area contributed by atoms with Crippen molar-refractivity contribution in [1.29, 1.82) is 0 Å². The smallest absolute Gasteiger partial charge is 0.303 e. The number of nitrogens with one attached hydrogen (secondary N) is 1. The zero-order chi connectivity index (χ0) is 41.4. The Morgan fingerprint density at radius 1 is 0.607 bits per heavy atom. The van der Waals surface area contributed by atoms with Gasteiger partial charge in [0, 0.05) is 19.4 Å². The van der Waals surface area contributed by atoms with Crippen LogP contribution >= 0.6 is 0 Å². The van der Waals surface area contributed by atoms with Crippen LogP contribution < -0.4 is 11.1 Å². The van der Waals surface area contributed by atoms with E-state index in [4.69, 9.17) is 15.6 Å². The number of carbonyl (C=O) groups excluding carboxylic acids is 3. The molecular weight excluding hydrogens is 714 g/mol. The van der Waals surface area contributed by atoms with Crippen molar-refractivity contribution in [2.24, 2.45) is 11.7 Å². The van der Waals surface area contributed by atoms with Gasteiger partial charge in [0.1, 0.15) is 18.1 Å². The summed E-state index contributed by atoms with van der Waals surface area (Å²) in [6.07, 6.45) is 25.9. The molecule has 1 saturated heterocycles. The predicted molar refractivity (Wildman–Crippen MR) is 222 cm³/mol. The average molecular weight is 798 g/mol. The summed E-state index contributed by atoms with van der Waals surface area (Å²) in [5, 5.41) is 43.3. The van der Waals surface area contributed by atoms with E-state index in [9.17, 15) is 34.5 Å². The molecule has 0 aromatic carbocycles. The number of Topliss-reactive ketones (excluding diaryl/α,β-unsaturated/α-hetero) is 1. The lowest BCUT2D eigenvalue weighted by Gasteiger charge is -2.52. The highest BCUT2D eigenvalue weighted by Crippen LogP contribution is 2.36. The molecule has 328 valence electrons. The summed E-state index contributed by atoms with van der Waals surface area (Å²) in [5.74, 6) is -6.79. The summed E-state index contributed by atoms with van der Waals surface area (Å²) in [7, 11) is 0. The van der Waals surface area contributed by atoms with E-state index in [0.29, 0.717) is 12.8 Å². The maximum absolute atomic E-state index is 14.0. The number of unbranched alkanes of at least 4 members (excludes halogenated alkanes) is 25. The van der Waals surface area contributed by atoms with Gasteiger partial charge in [-0.05, 0) is 12.8 Å². The van der Waals surface area contributed by atoms with Gasteiger partial charge in [-0.15, -0.1) is 0 Å². The quantitative estimate of drug-likeness (QED) is 0.0268. The third-order valence-corrected chi connectivity index (χ3v) is 11.4. The Kier molecular flexibility index (Phi) is 30.4.